The Bertz CT molecular complexity index is 2460. The summed E-state index contributed by atoms with van der Waals surface area (Å²) >= 11 is 5.74. The van der Waals surface area contributed by atoms with Crippen molar-refractivity contribution in [3.8, 4) is 5.75 Å². The van der Waals surface area contributed by atoms with Crippen LogP contribution in [-0.2, 0) is 30.4 Å². The third kappa shape index (κ3) is 8.88. The zero-order chi connectivity index (χ0) is 33.1. The van der Waals surface area contributed by atoms with Gasteiger partial charge in [0, 0.05) is 21.8 Å². The minimum absolute atomic E-state index is 0. The third-order valence-corrected chi connectivity index (χ3v) is 9.10. The number of hydrogen-bond acceptors (Lipinski definition) is 15. The third-order valence-electron chi connectivity index (χ3n) is 6.09. The van der Waals surface area contributed by atoms with Crippen molar-refractivity contribution >= 4 is 86.4 Å². The number of anilines is 2. The van der Waals surface area contributed by atoms with Crippen molar-refractivity contribution in [2.75, 3.05) is 5.32 Å². The van der Waals surface area contributed by atoms with E-state index in [9.17, 15) is 52.8 Å². The van der Waals surface area contributed by atoms with Crippen LogP contribution in [-0.4, -0.2) is 54.0 Å². The average molecular weight is 768 g/mol. The summed E-state index contributed by atoms with van der Waals surface area (Å²) in [7, 11) is -16.0. The molecule has 2 N–H and O–H groups in total. The largest absolute Gasteiger partial charge is 1.00 e. The minimum atomic E-state index is -5.46. The van der Waals surface area contributed by atoms with Crippen LogP contribution in [0.25, 0.3) is 21.5 Å². The van der Waals surface area contributed by atoms with Gasteiger partial charge < -0.3 is 24.1 Å². The molecule has 0 atom stereocenters. The van der Waals surface area contributed by atoms with Gasteiger partial charge in [-0.2, -0.15) is 18.7 Å². The van der Waals surface area contributed by atoms with Crippen LogP contribution in [0.4, 0.5) is 31.7 Å². The van der Waals surface area contributed by atoms with Gasteiger partial charge in [0.25, 0.3) is 0 Å². The van der Waals surface area contributed by atoms with E-state index >= 15 is 0 Å². The van der Waals surface area contributed by atoms with E-state index in [1.165, 1.54) is 12.1 Å². The second-order valence-electron chi connectivity index (χ2n) is 8.91. The number of hydrogen-bond donors (Lipinski definition) is 2. The second-order valence-corrected chi connectivity index (χ2v) is 13.3. The topological polar surface area (TPSA) is 254 Å². The van der Waals surface area contributed by atoms with Crippen molar-refractivity contribution in [3.63, 3.8) is 0 Å². The van der Waals surface area contributed by atoms with E-state index in [1.54, 1.807) is 0 Å². The fourth-order valence-electron chi connectivity index (χ4n) is 4.28. The maximum absolute atomic E-state index is 13.7. The number of benzene rings is 4. The average Bonchev–Trinajstić information content (AvgIpc) is 2.92. The molecule has 0 aliphatic heterocycles. The maximum atomic E-state index is 13.7. The molecule has 0 aliphatic carbocycles. The summed E-state index contributed by atoms with van der Waals surface area (Å²) in [4.78, 5) is 3.00. The molecule has 234 valence electrons. The number of nitrogens with zero attached hydrogens (tertiary/aromatic N) is 4. The Morgan fingerprint density at radius 3 is 1.98 bits per heavy atom. The van der Waals surface area contributed by atoms with E-state index in [-0.39, 0.29) is 105 Å². The Labute approximate surface area is 341 Å². The van der Waals surface area contributed by atoms with Crippen LogP contribution in [0, 0.1) is 12.0 Å². The molecule has 0 unspecified atom stereocenters. The van der Waals surface area contributed by atoms with E-state index in [1.807, 2.05) is 0 Å². The summed E-state index contributed by atoms with van der Waals surface area (Å²) in [6, 6.07) is 8.95. The van der Waals surface area contributed by atoms with Crippen molar-refractivity contribution in [1.29, 1.82) is 0 Å². The van der Waals surface area contributed by atoms with Crippen LogP contribution < -0.4 is 94.0 Å². The van der Waals surface area contributed by atoms with Crippen LogP contribution in [0.3, 0.4) is 0 Å². The number of nitrogens with one attached hydrogen (secondary N) is 1. The Morgan fingerprint density at radius 2 is 1.38 bits per heavy atom. The van der Waals surface area contributed by atoms with Gasteiger partial charge in [-0.3, -0.25) is 0 Å². The smallest absolute Gasteiger partial charge is 0.744 e. The van der Waals surface area contributed by atoms with E-state index in [0.29, 0.717) is 0 Å². The van der Waals surface area contributed by atoms with Crippen LogP contribution in [0.15, 0.2) is 79.5 Å². The van der Waals surface area contributed by atoms with E-state index < -0.39 is 95.8 Å². The standard InChI is InChI=1S/C24H14ClF2N5O10S3.3Na/c25-18-22(26)29-24(27)30-23(18)28-11-4-5-12-10(8-11)9-17(44(37,38)39)19(20(12)33)32-31-15-7-6-13-14(21(15)45(40,41)42)2-1-3-16(13)43(34,35)36;;;/h1-9,33H,(H,28,29,30)(H,34,35,36)(H,37,38,39)(H,40,41,42);;;/q;3*+1/p-3. The molecule has 1 heterocycles. The van der Waals surface area contributed by atoms with Gasteiger partial charge in [-0.15, -0.1) is 10.2 Å². The van der Waals surface area contributed by atoms with Gasteiger partial charge in [0.15, 0.2) is 11.6 Å². The Balaban J connectivity index is 0.00000267. The molecular formula is C24H11ClF2N5Na3O10S3. The zero-order valence-corrected chi connectivity index (χ0v) is 33.7. The fraction of sp³-hybridized carbons (Fsp3) is 0. The van der Waals surface area contributed by atoms with Crippen LogP contribution >= 0.6 is 11.6 Å². The molecule has 1 aromatic heterocycles. The van der Waals surface area contributed by atoms with Crippen LogP contribution in [0.5, 0.6) is 5.75 Å². The predicted octanol–water partition coefficient (Wildman–Crippen LogP) is -4.70. The quantitative estimate of drug-likeness (QED) is 0.0520. The van der Waals surface area contributed by atoms with Crippen molar-refractivity contribution < 1.29 is 141 Å². The monoisotopic (exact) mass is 767 g/mol. The zero-order valence-electron chi connectivity index (χ0n) is 24.5. The number of aromatic nitrogens is 2. The van der Waals surface area contributed by atoms with Gasteiger partial charge in [0.2, 0.25) is 5.95 Å². The summed E-state index contributed by atoms with van der Waals surface area (Å²) in [5, 5.41) is 18.6. The molecule has 0 saturated heterocycles. The molecule has 48 heavy (non-hydrogen) atoms. The molecule has 0 amide bonds. The van der Waals surface area contributed by atoms with Gasteiger partial charge in [-0.05, 0) is 41.8 Å². The normalized spacial score (nSPS) is 12.0. The maximum Gasteiger partial charge on any atom is 1.00 e. The molecule has 24 heteroatoms. The van der Waals surface area contributed by atoms with Gasteiger partial charge >= 0.3 is 94.8 Å². The fourth-order valence-corrected chi connectivity index (χ4v) is 6.57. The van der Waals surface area contributed by atoms with Crippen LogP contribution in [0.2, 0.25) is 5.02 Å². The number of rotatable bonds is 7. The summed E-state index contributed by atoms with van der Waals surface area (Å²) in [6.07, 6.45) is -1.46. The van der Waals surface area contributed by atoms with Gasteiger partial charge in [0.1, 0.15) is 46.8 Å². The van der Waals surface area contributed by atoms with Crippen molar-refractivity contribution in [3.05, 3.63) is 71.6 Å². The molecular weight excluding hydrogens is 757 g/mol. The summed E-state index contributed by atoms with van der Waals surface area (Å²) in [5.41, 5.74) is -1.72. The number of phenolic OH excluding ortho intramolecular Hbond substituents is 1. The first kappa shape index (κ1) is 42.7. The van der Waals surface area contributed by atoms with Crippen molar-refractivity contribution in [2.45, 2.75) is 14.7 Å². The van der Waals surface area contributed by atoms with Gasteiger partial charge in [-0.25, -0.2) is 25.3 Å². The van der Waals surface area contributed by atoms with Crippen molar-refractivity contribution in [2.24, 2.45) is 10.2 Å². The summed E-state index contributed by atoms with van der Waals surface area (Å²) in [6.45, 7) is 0. The Kier molecular flexibility index (Phi) is 14.1. The van der Waals surface area contributed by atoms with E-state index in [2.05, 4.69) is 25.5 Å². The number of halogens is 3. The summed E-state index contributed by atoms with van der Waals surface area (Å²) in [5.74, 6) is -2.83. The second kappa shape index (κ2) is 15.8. The van der Waals surface area contributed by atoms with E-state index in [4.69, 9.17) is 11.6 Å². The number of phenols is 1. The van der Waals surface area contributed by atoms with E-state index in [0.717, 1.165) is 42.5 Å². The van der Waals surface area contributed by atoms with Crippen LogP contribution in [0.1, 0.15) is 0 Å². The molecule has 0 radical (unpaired) electrons. The summed E-state index contributed by atoms with van der Waals surface area (Å²) < 4.78 is 135. The minimum Gasteiger partial charge on any atom is -0.744 e. The molecule has 0 spiro atoms. The van der Waals surface area contributed by atoms with Gasteiger partial charge in [0.05, 0.1) is 14.7 Å². The number of fused-ring (bicyclic) bond motifs is 2. The first-order valence-corrected chi connectivity index (χ1v) is 16.3. The molecule has 0 saturated carbocycles. The molecule has 0 fully saturated rings. The molecule has 15 nitrogen and oxygen atoms in total. The Hall–Kier alpha value is -1.44. The number of aromatic hydroxyl groups is 1. The van der Waals surface area contributed by atoms with Crippen molar-refractivity contribution in [1.82, 2.24) is 9.97 Å². The molecule has 5 rings (SSSR count). The SMILES string of the molecule is O=S(=O)([O-])c1cc2cc(Nc3nc(F)nc(F)c3Cl)ccc2c(O)c1N=Nc1ccc2c(S(=O)(=O)[O-])cccc2c1S(=O)(=O)[O-].[Na+].[Na+].[Na+]. The molecule has 0 bridgehead atoms. The first-order chi connectivity index (χ1) is 20.9. The number of azo groups is 1. The Morgan fingerprint density at radius 1 is 0.750 bits per heavy atom. The molecule has 5 aromatic rings. The molecule has 4 aromatic carbocycles. The van der Waals surface area contributed by atoms with Gasteiger partial charge in [-0.1, -0.05) is 29.8 Å². The molecule has 0 aliphatic rings. The predicted molar refractivity (Wildman–Crippen MR) is 148 cm³/mol. The first-order valence-electron chi connectivity index (χ1n) is 11.7.